The van der Waals surface area contributed by atoms with Crippen LogP contribution in [0.25, 0.3) is 0 Å². The molecule has 0 saturated heterocycles. The van der Waals surface area contributed by atoms with Crippen molar-refractivity contribution in [2.24, 2.45) is 0 Å². The Bertz CT molecular complexity index is 800. The van der Waals surface area contributed by atoms with Crippen molar-refractivity contribution in [2.45, 2.75) is 44.4 Å². The molecule has 1 aliphatic carbocycles. The van der Waals surface area contributed by atoms with E-state index in [1.807, 2.05) is 0 Å². The highest BCUT2D eigenvalue weighted by Gasteiger charge is 2.41. The molecule has 0 spiro atoms. The third-order valence-corrected chi connectivity index (χ3v) is 4.96. The van der Waals surface area contributed by atoms with Gasteiger partial charge in [0.2, 0.25) is 5.91 Å². The topological polar surface area (TPSA) is 64.7 Å². The summed E-state index contributed by atoms with van der Waals surface area (Å²) in [4.78, 5) is 12.0. The molecule has 142 valence electrons. The Morgan fingerprint density at radius 2 is 2.12 bits per heavy atom. The van der Waals surface area contributed by atoms with E-state index >= 15 is 0 Å². The molecule has 3 rings (SSSR count). The Hall–Kier alpha value is -1.55. The van der Waals surface area contributed by atoms with Crippen molar-refractivity contribution < 1.29 is 18.0 Å². The Morgan fingerprint density at radius 3 is 2.69 bits per heavy atom. The molecule has 1 saturated carbocycles. The number of aromatic nitrogens is 4. The van der Waals surface area contributed by atoms with Gasteiger partial charge >= 0.3 is 6.18 Å². The molecule has 11 heteroatoms. The van der Waals surface area contributed by atoms with E-state index in [-0.39, 0.29) is 29.3 Å². The molecule has 1 fully saturated rings. The van der Waals surface area contributed by atoms with Gasteiger partial charge in [-0.25, -0.2) is 0 Å². The predicted octanol–water partition coefficient (Wildman–Crippen LogP) is 3.60. The number of halogens is 5. The number of nitrogens with one attached hydrogen (secondary N) is 1. The fraction of sp³-hybridized carbons (Fsp3) is 0.533. The van der Waals surface area contributed by atoms with Gasteiger partial charge in [0.25, 0.3) is 0 Å². The SMILES string of the molecule is O=C(CCn1nc(C(F)(F)F)c(Br)c1C1CC1)NCCn1cc(Cl)cn1. The summed E-state index contributed by atoms with van der Waals surface area (Å²) < 4.78 is 42.0. The maximum Gasteiger partial charge on any atom is 0.436 e. The van der Waals surface area contributed by atoms with Crippen LogP contribution in [0.5, 0.6) is 0 Å². The second-order valence-corrected chi connectivity index (χ2v) is 7.29. The molecule has 1 amide bonds. The lowest BCUT2D eigenvalue weighted by Crippen LogP contribution is -2.28. The zero-order valence-corrected chi connectivity index (χ0v) is 15.9. The highest BCUT2D eigenvalue weighted by molar-refractivity contribution is 9.10. The highest BCUT2D eigenvalue weighted by Crippen LogP contribution is 2.46. The van der Waals surface area contributed by atoms with E-state index in [1.165, 1.54) is 10.9 Å². The van der Waals surface area contributed by atoms with E-state index in [1.54, 1.807) is 10.9 Å². The molecule has 0 aliphatic heterocycles. The van der Waals surface area contributed by atoms with Crippen LogP contribution in [0, 0.1) is 0 Å². The van der Waals surface area contributed by atoms with Crippen LogP contribution in [0.2, 0.25) is 5.02 Å². The minimum atomic E-state index is -4.53. The standard InChI is InChI=1S/C15H16BrClF3N5O/c16-12-13(9-1-2-9)25(23-14(12)15(18,19)20)5-3-11(26)21-4-6-24-8-10(17)7-22-24/h7-9H,1-6H2,(H,21,26). The molecule has 0 atom stereocenters. The summed E-state index contributed by atoms with van der Waals surface area (Å²) in [5, 5.41) is 10.9. The van der Waals surface area contributed by atoms with E-state index in [9.17, 15) is 18.0 Å². The average Bonchev–Trinajstić information content (AvgIpc) is 3.21. The minimum absolute atomic E-state index is 0.0107. The van der Waals surface area contributed by atoms with E-state index in [0.29, 0.717) is 23.8 Å². The first-order chi connectivity index (χ1) is 12.3. The lowest BCUT2D eigenvalue weighted by atomic mass is 10.2. The quantitative estimate of drug-likeness (QED) is 0.695. The van der Waals surface area contributed by atoms with Gasteiger partial charge in [0.15, 0.2) is 5.69 Å². The van der Waals surface area contributed by atoms with Crippen LogP contribution in [-0.2, 0) is 24.1 Å². The number of hydrogen-bond acceptors (Lipinski definition) is 3. The van der Waals surface area contributed by atoms with Gasteiger partial charge in [-0.15, -0.1) is 0 Å². The summed E-state index contributed by atoms with van der Waals surface area (Å²) in [7, 11) is 0. The van der Waals surface area contributed by atoms with Gasteiger partial charge in [0, 0.05) is 25.1 Å². The zero-order chi connectivity index (χ0) is 18.9. The molecular formula is C15H16BrClF3N5O. The van der Waals surface area contributed by atoms with E-state index < -0.39 is 11.9 Å². The van der Waals surface area contributed by atoms with Crippen molar-refractivity contribution in [2.75, 3.05) is 6.54 Å². The van der Waals surface area contributed by atoms with Crippen molar-refractivity contribution in [3.63, 3.8) is 0 Å². The number of hydrogen-bond donors (Lipinski definition) is 1. The van der Waals surface area contributed by atoms with Gasteiger partial charge in [0.05, 0.1) is 34.5 Å². The van der Waals surface area contributed by atoms with E-state index in [0.717, 1.165) is 12.8 Å². The fourth-order valence-electron chi connectivity index (χ4n) is 2.62. The first-order valence-corrected chi connectivity index (χ1v) is 9.21. The van der Waals surface area contributed by atoms with Crippen LogP contribution in [0.15, 0.2) is 16.9 Å². The van der Waals surface area contributed by atoms with Crippen LogP contribution in [0.3, 0.4) is 0 Å². The Kier molecular flexibility index (Phi) is 5.61. The van der Waals surface area contributed by atoms with Crippen LogP contribution in [0.4, 0.5) is 13.2 Å². The Balaban J connectivity index is 1.56. The number of nitrogens with zero attached hydrogens (tertiary/aromatic N) is 4. The molecule has 1 N–H and O–H groups in total. The molecule has 0 aromatic carbocycles. The summed E-state index contributed by atoms with van der Waals surface area (Å²) in [6.07, 6.45) is 0.318. The predicted molar refractivity (Wildman–Crippen MR) is 91.8 cm³/mol. The molecule has 26 heavy (non-hydrogen) atoms. The van der Waals surface area contributed by atoms with Crippen molar-refractivity contribution in [1.82, 2.24) is 24.9 Å². The summed E-state index contributed by atoms with van der Waals surface area (Å²) in [6, 6.07) is 0. The van der Waals surface area contributed by atoms with Gasteiger partial charge in [0.1, 0.15) is 0 Å². The average molecular weight is 455 g/mol. The van der Waals surface area contributed by atoms with Crippen LogP contribution >= 0.6 is 27.5 Å². The molecular weight excluding hydrogens is 439 g/mol. The Labute approximate surface area is 160 Å². The molecule has 1 aliphatic rings. The number of carbonyl (C=O) groups excluding carboxylic acids is 1. The first kappa shape index (κ1) is 19.2. The summed E-state index contributed by atoms with van der Waals surface area (Å²) in [5.41, 5.74) is -0.410. The number of aryl methyl sites for hydroxylation is 1. The van der Waals surface area contributed by atoms with Crippen LogP contribution in [-0.4, -0.2) is 32.0 Å². The normalized spacial score (nSPS) is 14.7. The fourth-order valence-corrected chi connectivity index (χ4v) is 3.61. The minimum Gasteiger partial charge on any atom is -0.354 e. The van der Waals surface area contributed by atoms with Crippen LogP contribution in [0.1, 0.15) is 36.6 Å². The third-order valence-electron chi connectivity index (χ3n) is 3.98. The van der Waals surface area contributed by atoms with Gasteiger partial charge in [-0.05, 0) is 28.8 Å². The Morgan fingerprint density at radius 1 is 1.38 bits per heavy atom. The number of amides is 1. The highest BCUT2D eigenvalue weighted by atomic mass is 79.9. The second-order valence-electron chi connectivity index (χ2n) is 6.06. The summed E-state index contributed by atoms with van der Waals surface area (Å²) >= 11 is 8.78. The molecule has 2 heterocycles. The first-order valence-electron chi connectivity index (χ1n) is 8.03. The van der Waals surface area contributed by atoms with Gasteiger partial charge in [-0.1, -0.05) is 11.6 Å². The smallest absolute Gasteiger partial charge is 0.354 e. The third kappa shape index (κ3) is 4.59. The van der Waals surface area contributed by atoms with Gasteiger partial charge < -0.3 is 5.32 Å². The number of carbonyl (C=O) groups is 1. The second kappa shape index (κ2) is 7.59. The molecule has 2 aromatic heterocycles. The summed E-state index contributed by atoms with van der Waals surface area (Å²) in [5.74, 6) is -0.189. The lowest BCUT2D eigenvalue weighted by Gasteiger charge is -2.08. The molecule has 2 aromatic rings. The maximum absolute atomic E-state index is 13.1. The molecule has 0 radical (unpaired) electrons. The van der Waals surface area contributed by atoms with Crippen molar-refractivity contribution in [3.8, 4) is 0 Å². The lowest BCUT2D eigenvalue weighted by molar-refractivity contribution is -0.142. The summed E-state index contributed by atoms with van der Waals surface area (Å²) in [6.45, 7) is 0.903. The molecule has 0 bridgehead atoms. The molecule has 6 nitrogen and oxygen atoms in total. The maximum atomic E-state index is 13.1. The monoisotopic (exact) mass is 453 g/mol. The van der Waals surface area contributed by atoms with E-state index in [4.69, 9.17) is 11.6 Å². The van der Waals surface area contributed by atoms with Gasteiger partial charge in [-0.3, -0.25) is 14.2 Å². The molecule has 0 unspecified atom stereocenters. The van der Waals surface area contributed by atoms with Crippen molar-refractivity contribution >= 4 is 33.4 Å². The van der Waals surface area contributed by atoms with Crippen LogP contribution < -0.4 is 5.32 Å². The number of alkyl halides is 3. The zero-order valence-electron chi connectivity index (χ0n) is 13.6. The number of rotatable bonds is 7. The van der Waals surface area contributed by atoms with Crippen molar-refractivity contribution in [3.05, 3.63) is 33.3 Å². The van der Waals surface area contributed by atoms with Crippen molar-refractivity contribution in [1.29, 1.82) is 0 Å². The van der Waals surface area contributed by atoms with E-state index in [2.05, 4.69) is 31.4 Å². The largest absolute Gasteiger partial charge is 0.436 e. The van der Waals surface area contributed by atoms with Gasteiger partial charge in [-0.2, -0.15) is 23.4 Å².